The van der Waals surface area contributed by atoms with Crippen LogP contribution < -0.4 is 4.74 Å². The largest absolute Gasteiger partial charge is 0.472 e. The van der Waals surface area contributed by atoms with Crippen LogP contribution in [0.2, 0.25) is 10.0 Å². The van der Waals surface area contributed by atoms with Crippen LogP contribution in [0.4, 0.5) is 0 Å². The molecule has 0 spiro atoms. The number of likely N-dealkylation sites (tertiary alicyclic amines) is 1. The molecule has 144 valence electrons. The fourth-order valence-corrected chi connectivity index (χ4v) is 3.70. The van der Waals surface area contributed by atoms with Crippen LogP contribution in [0.25, 0.3) is 22.5 Å². The number of benzene rings is 2. The number of rotatable bonds is 4. The molecule has 0 N–H and O–H groups in total. The molecule has 1 atom stereocenters. The molecule has 0 radical (unpaired) electrons. The molecule has 0 saturated carbocycles. The first-order valence-electron chi connectivity index (χ1n) is 9.32. The van der Waals surface area contributed by atoms with Crippen LogP contribution in [-0.2, 0) is 0 Å². The van der Waals surface area contributed by atoms with Gasteiger partial charge in [-0.05, 0) is 50.7 Å². The van der Waals surface area contributed by atoms with Crippen LogP contribution in [0.3, 0.4) is 0 Å². The van der Waals surface area contributed by atoms with Crippen molar-refractivity contribution >= 4 is 23.2 Å². The van der Waals surface area contributed by atoms with Crippen molar-refractivity contribution in [1.29, 1.82) is 0 Å². The zero-order valence-electron chi connectivity index (χ0n) is 15.6. The zero-order chi connectivity index (χ0) is 19.5. The highest BCUT2D eigenvalue weighted by Crippen LogP contribution is 2.32. The standard InChI is InChI=1S/C22H21Cl2N3O/c1-27-12-2-3-19(14-27)28-20-13-25-21(15-4-8-17(23)9-5-15)22(26-20)16-6-10-18(24)11-7-16/h4-11,13,19H,2-3,12,14H2,1H3. The Morgan fingerprint density at radius 1 is 0.929 bits per heavy atom. The van der Waals surface area contributed by atoms with Crippen LogP contribution in [-0.4, -0.2) is 41.1 Å². The van der Waals surface area contributed by atoms with Crippen LogP contribution in [0.5, 0.6) is 5.88 Å². The number of likely N-dealkylation sites (N-methyl/N-ethyl adjacent to an activating group) is 1. The van der Waals surface area contributed by atoms with Gasteiger partial charge in [-0.3, -0.25) is 0 Å². The minimum atomic E-state index is 0.132. The Morgan fingerprint density at radius 3 is 2.14 bits per heavy atom. The van der Waals surface area contributed by atoms with Gasteiger partial charge >= 0.3 is 0 Å². The van der Waals surface area contributed by atoms with E-state index in [9.17, 15) is 0 Å². The van der Waals surface area contributed by atoms with E-state index in [0.29, 0.717) is 15.9 Å². The van der Waals surface area contributed by atoms with E-state index in [1.165, 1.54) is 0 Å². The Morgan fingerprint density at radius 2 is 1.54 bits per heavy atom. The molecule has 0 bridgehead atoms. The summed E-state index contributed by atoms with van der Waals surface area (Å²) in [6.45, 7) is 2.01. The first-order valence-corrected chi connectivity index (χ1v) is 10.1. The SMILES string of the molecule is CN1CCCC(Oc2cnc(-c3ccc(Cl)cc3)c(-c3ccc(Cl)cc3)n2)C1. The van der Waals surface area contributed by atoms with Gasteiger partial charge in [0.15, 0.2) is 0 Å². The van der Waals surface area contributed by atoms with Gasteiger partial charge in [0.05, 0.1) is 11.9 Å². The first kappa shape index (κ1) is 19.2. The Balaban J connectivity index is 1.71. The number of halogens is 2. The van der Waals surface area contributed by atoms with E-state index in [1.54, 1.807) is 6.20 Å². The van der Waals surface area contributed by atoms with Gasteiger partial charge in [0.25, 0.3) is 0 Å². The summed E-state index contributed by atoms with van der Waals surface area (Å²) in [6.07, 6.45) is 3.99. The third-order valence-corrected chi connectivity index (χ3v) is 5.36. The van der Waals surface area contributed by atoms with Crippen molar-refractivity contribution in [2.24, 2.45) is 0 Å². The second-order valence-electron chi connectivity index (χ2n) is 7.06. The number of hydrogen-bond acceptors (Lipinski definition) is 4. The normalized spacial score (nSPS) is 17.5. The Labute approximate surface area is 175 Å². The highest BCUT2D eigenvalue weighted by atomic mass is 35.5. The summed E-state index contributed by atoms with van der Waals surface area (Å²) in [6, 6.07) is 15.2. The molecule has 1 aliphatic rings. The Bertz CT molecular complexity index is 945. The van der Waals surface area contributed by atoms with Crippen LogP contribution in [0.1, 0.15) is 12.8 Å². The quantitative estimate of drug-likeness (QED) is 0.558. The minimum Gasteiger partial charge on any atom is -0.472 e. The van der Waals surface area contributed by atoms with Crippen molar-refractivity contribution in [3.63, 3.8) is 0 Å². The molecule has 1 saturated heterocycles. The molecular weight excluding hydrogens is 393 g/mol. The van der Waals surface area contributed by atoms with Gasteiger partial charge < -0.3 is 9.64 Å². The lowest BCUT2D eigenvalue weighted by atomic mass is 10.0. The molecule has 0 aliphatic carbocycles. The molecular formula is C22H21Cl2N3O. The molecule has 0 amide bonds. The fraction of sp³-hybridized carbons (Fsp3) is 0.273. The van der Waals surface area contributed by atoms with Gasteiger partial charge in [-0.2, -0.15) is 0 Å². The molecule has 4 rings (SSSR count). The maximum atomic E-state index is 6.16. The zero-order valence-corrected chi connectivity index (χ0v) is 17.1. The monoisotopic (exact) mass is 413 g/mol. The number of piperidine rings is 1. The smallest absolute Gasteiger partial charge is 0.233 e. The van der Waals surface area contributed by atoms with Gasteiger partial charge in [-0.15, -0.1) is 0 Å². The molecule has 28 heavy (non-hydrogen) atoms. The third-order valence-electron chi connectivity index (χ3n) is 4.85. The van der Waals surface area contributed by atoms with E-state index in [-0.39, 0.29) is 6.10 Å². The van der Waals surface area contributed by atoms with Crippen LogP contribution in [0.15, 0.2) is 54.7 Å². The number of aromatic nitrogens is 2. The molecule has 1 fully saturated rings. The van der Waals surface area contributed by atoms with Crippen molar-refractivity contribution < 1.29 is 4.74 Å². The number of ether oxygens (including phenoxy) is 1. The number of nitrogens with zero attached hydrogens (tertiary/aromatic N) is 3. The summed E-state index contributed by atoms with van der Waals surface area (Å²) in [5.41, 5.74) is 3.44. The van der Waals surface area contributed by atoms with E-state index >= 15 is 0 Å². The molecule has 1 aromatic heterocycles. The highest BCUT2D eigenvalue weighted by Gasteiger charge is 2.20. The molecule has 6 heteroatoms. The van der Waals surface area contributed by atoms with Gasteiger partial charge in [0, 0.05) is 27.7 Å². The Kier molecular flexibility index (Phi) is 5.81. The van der Waals surface area contributed by atoms with E-state index in [4.69, 9.17) is 32.9 Å². The summed E-state index contributed by atoms with van der Waals surface area (Å²) in [5.74, 6) is 0.544. The lowest BCUT2D eigenvalue weighted by Crippen LogP contribution is -2.38. The fourth-order valence-electron chi connectivity index (χ4n) is 3.44. The number of hydrogen-bond donors (Lipinski definition) is 0. The van der Waals surface area contributed by atoms with E-state index in [0.717, 1.165) is 48.4 Å². The van der Waals surface area contributed by atoms with E-state index in [1.807, 2.05) is 48.5 Å². The summed E-state index contributed by atoms with van der Waals surface area (Å²) >= 11 is 12.1. The third kappa shape index (κ3) is 4.46. The average molecular weight is 414 g/mol. The first-order chi connectivity index (χ1) is 13.6. The molecule has 3 aromatic rings. The predicted octanol–water partition coefficient (Wildman–Crippen LogP) is 5.59. The maximum absolute atomic E-state index is 6.16. The maximum Gasteiger partial charge on any atom is 0.233 e. The van der Waals surface area contributed by atoms with E-state index in [2.05, 4.69) is 16.9 Å². The summed E-state index contributed by atoms with van der Waals surface area (Å²) < 4.78 is 6.16. The summed E-state index contributed by atoms with van der Waals surface area (Å²) in [7, 11) is 2.12. The molecule has 2 aromatic carbocycles. The topological polar surface area (TPSA) is 38.2 Å². The van der Waals surface area contributed by atoms with Crippen molar-refractivity contribution in [2.45, 2.75) is 18.9 Å². The summed E-state index contributed by atoms with van der Waals surface area (Å²) in [5, 5.41) is 1.37. The average Bonchev–Trinajstić information content (AvgIpc) is 2.69. The second kappa shape index (κ2) is 8.48. The minimum absolute atomic E-state index is 0.132. The highest BCUT2D eigenvalue weighted by molar-refractivity contribution is 6.31. The lowest BCUT2D eigenvalue weighted by Gasteiger charge is -2.29. The predicted molar refractivity (Wildman–Crippen MR) is 114 cm³/mol. The molecule has 1 unspecified atom stereocenters. The van der Waals surface area contributed by atoms with Crippen molar-refractivity contribution in [1.82, 2.24) is 14.9 Å². The molecule has 4 nitrogen and oxygen atoms in total. The van der Waals surface area contributed by atoms with Gasteiger partial charge in [0.2, 0.25) is 5.88 Å². The van der Waals surface area contributed by atoms with Crippen LogP contribution in [0, 0.1) is 0 Å². The van der Waals surface area contributed by atoms with Crippen molar-refractivity contribution in [3.8, 4) is 28.4 Å². The molecule has 1 aliphatic heterocycles. The van der Waals surface area contributed by atoms with Crippen molar-refractivity contribution in [2.75, 3.05) is 20.1 Å². The van der Waals surface area contributed by atoms with Gasteiger partial charge in [-0.25, -0.2) is 9.97 Å². The summed E-state index contributed by atoms with van der Waals surface area (Å²) in [4.78, 5) is 11.8. The van der Waals surface area contributed by atoms with Crippen LogP contribution >= 0.6 is 23.2 Å². The van der Waals surface area contributed by atoms with Crippen molar-refractivity contribution in [3.05, 3.63) is 64.8 Å². The second-order valence-corrected chi connectivity index (χ2v) is 7.94. The van der Waals surface area contributed by atoms with E-state index < -0.39 is 0 Å². The molecule has 2 heterocycles. The van der Waals surface area contributed by atoms with Gasteiger partial charge in [0.1, 0.15) is 11.8 Å². The lowest BCUT2D eigenvalue weighted by molar-refractivity contribution is 0.0998. The Hall–Kier alpha value is -2.14. The van der Waals surface area contributed by atoms with Gasteiger partial charge in [-0.1, -0.05) is 47.5 Å².